The third-order valence-corrected chi connectivity index (χ3v) is 6.23. The van der Waals surface area contributed by atoms with E-state index in [4.69, 9.17) is 0 Å². The molecule has 1 heteroatoms. The van der Waals surface area contributed by atoms with Crippen molar-refractivity contribution in [1.29, 1.82) is 0 Å². The van der Waals surface area contributed by atoms with Crippen LogP contribution in [0, 0.1) is 6.92 Å². The molecule has 1 aliphatic carbocycles. The zero-order valence-corrected chi connectivity index (χ0v) is 19.1. The summed E-state index contributed by atoms with van der Waals surface area (Å²) in [6.07, 6.45) is 12.2. The van der Waals surface area contributed by atoms with Crippen LogP contribution >= 0.6 is 0 Å². The molecule has 0 unspecified atom stereocenters. The van der Waals surface area contributed by atoms with Crippen LogP contribution in [0.2, 0.25) is 0 Å². The second-order valence-corrected chi connectivity index (χ2v) is 8.76. The van der Waals surface area contributed by atoms with Crippen molar-refractivity contribution in [3.8, 4) is 0 Å². The van der Waals surface area contributed by atoms with Crippen molar-refractivity contribution >= 4 is 27.7 Å². The summed E-state index contributed by atoms with van der Waals surface area (Å²) in [5.41, 5.74) is 8.87. The van der Waals surface area contributed by atoms with E-state index in [1.807, 2.05) is 0 Å². The Labute approximate surface area is 196 Å². The van der Waals surface area contributed by atoms with Gasteiger partial charge in [-0.3, -0.25) is 0 Å². The first kappa shape index (κ1) is 21.0. The fraction of sp³-hybridized carbons (Fsp3) is 0.125. The third kappa shape index (κ3) is 5.15. The van der Waals surface area contributed by atoms with Gasteiger partial charge in [-0.1, -0.05) is 91.0 Å². The molecule has 0 bridgehead atoms. The highest BCUT2D eigenvalue weighted by Crippen LogP contribution is 2.29. The van der Waals surface area contributed by atoms with Gasteiger partial charge in [0, 0.05) is 11.4 Å². The number of aryl methyl sites for hydroxylation is 1. The zero-order chi connectivity index (χ0) is 22.5. The quantitative estimate of drug-likeness (QED) is 0.324. The Bertz CT molecular complexity index is 1350. The lowest BCUT2D eigenvalue weighted by molar-refractivity contribution is 0.990. The summed E-state index contributed by atoms with van der Waals surface area (Å²) in [6, 6.07) is 32.7. The van der Waals surface area contributed by atoms with Gasteiger partial charge < -0.3 is 5.32 Å². The van der Waals surface area contributed by atoms with Crippen LogP contribution in [0.4, 0.5) is 11.4 Å². The summed E-state index contributed by atoms with van der Waals surface area (Å²) in [5.74, 6) is 0. The normalized spacial score (nSPS) is 13.7. The second-order valence-electron chi connectivity index (χ2n) is 8.76. The number of hydrogen-bond acceptors (Lipinski definition) is 1. The Hall–Kier alpha value is -3.84. The Balaban J connectivity index is 1.47. The maximum Gasteiger partial charge on any atom is 0.0386 e. The molecular formula is C32H29N. The van der Waals surface area contributed by atoms with Gasteiger partial charge in [0.2, 0.25) is 0 Å². The molecule has 5 rings (SSSR count). The van der Waals surface area contributed by atoms with E-state index in [1.54, 1.807) is 0 Å². The first-order valence-corrected chi connectivity index (χ1v) is 11.7. The van der Waals surface area contributed by atoms with Gasteiger partial charge in [-0.2, -0.15) is 0 Å². The lowest BCUT2D eigenvalue weighted by atomic mass is 9.91. The minimum Gasteiger partial charge on any atom is -0.356 e. The minimum absolute atomic E-state index is 0.910. The van der Waals surface area contributed by atoms with E-state index in [2.05, 4.69) is 128 Å². The number of hydrogen-bond donors (Lipinski definition) is 1. The van der Waals surface area contributed by atoms with Crippen molar-refractivity contribution in [2.24, 2.45) is 0 Å². The molecule has 0 aromatic heterocycles. The number of anilines is 2. The number of fused-ring (bicyclic) bond motifs is 1. The minimum atomic E-state index is 0.910. The van der Waals surface area contributed by atoms with E-state index in [1.165, 1.54) is 38.6 Å². The summed E-state index contributed by atoms with van der Waals surface area (Å²) in [4.78, 5) is 0. The predicted molar refractivity (Wildman–Crippen MR) is 143 cm³/mol. The highest BCUT2D eigenvalue weighted by Gasteiger charge is 2.09. The lowest BCUT2D eigenvalue weighted by Crippen LogP contribution is -1.96. The standard InChI is InChI=1S/C32H29N/c1-24-9-7-15-31(21-24)33-30-19-17-26(18-20-30)29(22-25-10-3-2-4-11-25)23-28-14-8-13-27-12-5-6-16-32(27)28/h2-3,5-10,12-22,33H,4,11,23H2,1H3/b29-22-. The largest absolute Gasteiger partial charge is 0.356 e. The number of allylic oxidation sites excluding steroid dienone is 6. The van der Waals surface area contributed by atoms with Gasteiger partial charge in [-0.15, -0.1) is 0 Å². The van der Waals surface area contributed by atoms with Crippen LogP contribution in [0.15, 0.2) is 121 Å². The Morgan fingerprint density at radius 2 is 1.67 bits per heavy atom. The molecule has 1 aliphatic rings. The van der Waals surface area contributed by atoms with E-state index >= 15 is 0 Å². The highest BCUT2D eigenvalue weighted by atomic mass is 14.9. The molecule has 0 amide bonds. The van der Waals surface area contributed by atoms with Gasteiger partial charge in [-0.05, 0) is 89.1 Å². The van der Waals surface area contributed by atoms with Gasteiger partial charge in [-0.25, -0.2) is 0 Å². The number of benzene rings is 4. The van der Waals surface area contributed by atoms with Crippen LogP contribution in [0.1, 0.15) is 29.5 Å². The molecule has 1 nitrogen and oxygen atoms in total. The van der Waals surface area contributed by atoms with E-state index < -0.39 is 0 Å². The SMILES string of the molecule is Cc1cccc(Nc2ccc(/C(=C\C3=CC=CCC3)Cc3cccc4ccccc34)cc2)c1. The van der Waals surface area contributed by atoms with Crippen molar-refractivity contribution in [2.75, 3.05) is 5.32 Å². The second kappa shape index (κ2) is 9.75. The predicted octanol–water partition coefficient (Wildman–Crippen LogP) is 8.79. The molecule has 0 spiro atoms. The smallest absolute Gasteiger partial charge is 0.0386 e. The summed E-state index contributed by atoms with van der Waals surface area (Å²) in [5, 5.41) is 6.16. The van der Waals surface area contributed by atoms with Crippen LogP contribution in [0.25, 0.3) is 16.3 Å². The van der Waals surface area contributed by atoms with Crippen LogP contribution in [0.5, 0.6) is 0 Å². The van der Waals surface area contributed by atoms with E-state index in [0.29, 0.717) is 0 Å². The molecule has 0 heterocycles. The number of nitrogens with one attached hydrogen (secondary N) is 1. The third-order valence-electron chi connectivity index (χ3n) is 6.23. The Morgan fingerprint density at radius 3 is 2.48 bits per heavy atom. The maximum absolute atomic E-state index is 3.53. The topological polar surface area (TPSA) is 12.0 Å². The molecule has 0 fully saturated rings. The molecule has 4 aromatic carbocycles. The summed E-state index contributed by atoms with van der Waals surface area (Å²) in [7, 11) is 0. The maximum atomic E-state index is 3.53. The molecule has 0 saturated carbocycles. The van der Waals surface area contributed by atoms with Gasteiger partial charge in [0.25, 0.3) is 0 Å². The van der Waals surface area contributed by atoms with Gasteiger partial charge in [0.15, 0.2) is 0 Å². The first-order chi connectivity index (χ1) is 16.2. The van der Waals surface area contributed by atoms with Crippen molar-refractivity contribution < 1.29 is 0 Å². The lowest BCUT2D eigenvalue weighted by Gasteiger charge is -2.14. The fourth-order valence-corrected chi connectivity index (χ4v) is 4.51. The summed E-state index contributed by atoms with van der Waals surface area (Å²) < 4.78 is 0. The average molecular weight is 428 g/mol. The fourth-order valence-electron chi connectivity index (χ4n) is 4.51. The summed E-state index contributed by atoms with van der Waals surface area (Å²) in [6.45, 7) is 2.12. The zero-order valence-electron chi connectivity index (χ0n) is 19.1. The van der Waals surface area contributed by atoms with E-state index in [0.717, 1.165) is 30.6 Å². The van der Waals surface area contributed by atoms with Crippen molar-refractivity contribution in [1.82, 2.24) is 0 Å². The monoisotopic (exact) mass is 427 g/mol. The Kier molecular flexibility index (Phi) is 6.21. The number of rotatable bonds is 6. The Morgan fingerprint density at radius 1 is 0.848 bits per heavy atom. The van der Waals surface area contributed by atoms with Gasteiger partial charge >= 0.3 is 0 Å². The molecule has 1 N–H and O–H groups in total. The van der Waals surface area contributed by atoms with E-state index in [-0.39, 0.29) is 0 Å². The molecular weight excluding hydrogens is 398 g/mol. The van der Waals surface area contributed by atoms with Crippen LogP contribution in [-0.2, 0) is 6.42 Å². The highest BCUT2D eigenvalue weighted by molar-refractivity contribution is 5.87. The summed E-state index contributed by atoms with van der Waals surface area (Å²) >= 11 is 0. The molecule has 0 atom stereocenters. The molecule has 0 saturated heterocycles. The molecule has 4 aromatic rings. The molecule has 162 valence electrons. The molecule has 0 radical (unpaired) electrons. The first-order valence-electron chi connectivity index (χ1n) is 11.7. The van der Waals surface area contributed by atoms with Crippen molar-refractivity contribution in [3.63, 3.8) is 0 Å². The van der Waals surface area contributed by atoms with Crippen LogP contribution in [-0.4, -0.2) is 0 Å². The molecule has 33 heavy (non-hydrogen) atoms. The van der Waals surface area contributed by atoms with E-state index in [9.17, 15) is 0 Å². The van der Waals surface area contributed by atoms with Gasteiger partial charge in [0.1, 0.15) is 0 Å². The van der Waals surface area contributed by atoms with Crippen LogP contribution < -0.4 is 5.32 Å². The van der Waals surface area contributed by atoms with Gasteiger partial charge in [0.05, 0.1) is 0 Å². The molecule has 0 aliphatic heterocycles. The van der Waals surface area contributed by atoms with Crippen molar-refractivity contribution in [2.45, 2.75) is 26.2 Å². The van der Waals surface area contributed by atoms with Crippen LogP contribution in [0.3, 0.4) is 0 Å². The average Bonchev–Trinajstić information content (AvgIpc) is 2.85. The van der Waals surface area contributed by atoms with Crippen molar-refractivity contribution in [3.05, 3.63) is 138 Å².